The van der Waals surface area contributed by atoms with E-state index in [4.69, 9.17) is 11.6 Å². The first-order valence-corrected chi connectivity index (χ1v) is 9.31. The quantitative estimate of drug-likeness (QED) is 0.716. The van der Waals surface area contributed by atoms with E-state index in [-0.39, 0.29) is 6.03 Å². The normalized spacial score (nSPS) is 10.8. The summed E-state index contributed by atoms with van der Waals surface area (Å²) in [6, 6.07) is 7.19. The summed E-state index contributed by atoms with van der Waals surface area (Å²) in [5.74, 6) is 0. The second-order valence-electron chi connectivity index (χ2n) is 5.75. The van der Waals surface area contributed by atoms with Crippen LogP contribution in [0.2, 0.25) is 5.02 Å². The van der Waals surface area contributed by atoms with Gasteiger partial charge >= 0.3 is 6.03 Å². The van der Waals surface area contributed by atoms with E-state index in [1.807, 2.05) is 38.1 Å². The van der Waals surface area contributed by atoms with Crippen LogP contribution in [0, 0.1) is 6.92 Å². The summed E-state index contributed by atoms with van der Waals surface area (Å²) >= 11 is 7.43. The molecule has 0 aliphatic rings. The number of benzene rings is 1. The van der Waals surface area contributed by atoms with E-state index in [1.54, 1.807) is 22.8 Å². The fraction of sp³-hybridized carbons (Fsp3) is 0.294. The van der Waals surface area contributed by atoms with Crippen molar-refractivity contribution in [2.75, 3.05) is 12.4 Å². The predicted octanol–water partition coefficient (Wildman–Crippen LogP) is 3.91. The molecule has 3 aromatic rings. The van der Waals surface area contributed by atoms with Gasteiger partial charge in [-0.25, -0.2) is 9.48 Å². The maximum absolute atomic E-state index is 12.5. The molecule has 0 aliphatic carbocycles. The van der Waals surface area contributed by atoms with Gasteiger partial charge in [0, 0.05) is 12.1 Å². The molecule has 9 heteroatoms. The molecule has 0 aliphatic heterocycles. The minimum atomic E-state index is -0.219. The van der Waals surface area contributed by atoms with Crippen LogP contribution in [0.4, 0.5) is 10.5 Å². The molecule has 0 saturated heterocycles. The largest absolute Gasteiger partial charge is 0.322 e. The molecule has 2 amide bonds. The fourth-order valence-electron chi connectivity index (χ4n) is 2.51. The first-order valence-electron chi connectivity index (χ1n) is 8.12. The third-order valence-corrected chi connectivity index (χ3v) is 4.88. The van der Waals surface area contributed by atoms with Crippen molar-refractivity contribution < 1.29 is 4.79 Å². The average Bonchev–Trinajstić information content (AvgIpc) is 3.21. The monoisotopic (exact) mass is 390 g/mol. The number of aromatic nitrogens is 4. The third kappa shape index (κ3) is 4.03. The number of hydrogen-bond donors (Lipinski definition) is 1. The van der Waals surface area contributed by atoms with Gasteiger partial charge < -0.3 is 10.2 Å². The van der Waals surface area contributed by atoms with Gasteiger partial charge in [0.05, 0.1) is 29.8 Å². The minimum Gasteiger partial charge on any atom is -0.321 e. The smallest absolute Gasteiger partial charge is 0.321 e. The number of carbonyl (C=O) groups excluding carboxylic acids is 1. The van der Waals surface area contributed by atoms with Crippen LogP contribution in [-0.4, -0.2) is 38.0 Å². The Morgan fingerprint density at radius 2 is 2.04 bits per heavy atom. The molecular weight excluding hydrogens is 372 g/mol. The van der Waals surface area contributed by atoms with Gasteiger partial charge in [-0.05, 0) is 37.6 Å². The summed E-state index contributed by atoms with van der Waals surface area (Å²) in [4.78, 5) is 14.1. The molecule has 0 saturated carbocycles. The molecule has 0 atom stereocenters. The molecule has 0 radical (unpaired) electrons. The number of nitrogens with one attached hydrogen (secondary N) is 1. The summed E-state index contributed by atoms with van der Waals surface area (Å²) in [6.45, 7) is 4.32. The second-order valence-corrected chi connectivity index (χ2v) is 7.45. The molecule has 26 heavy (non-hydrogen) atoms. The molecule has 0 unspecified atom stereocenters. The van der Waals surface area contributed by atoms with Crippen molar-refractivity contribution in [3.8, 4) is 5.69 Å². The maximum atomic E-state index is 12.5. The molecule has 0 fully saturated rings. The molecule has 136 valence electrons. The van der Waals surface area contributed by atoms with Crippen molar-refractivity contribution in [3.05, 3.63) is 51.2 Å². The highest BCUT2D eigenvalue weighted by molar-refractivity contribution is 7.11. The zero-order valence-electron chi connectivity index (χ0n) is 14.7. The molecule has 3 rings (SSSR count). The van der Waals surface area contributed by atoms with Crippen LogP contribution in [0.25, 0.3) is 5.69 Å². The van der Waals surface area contributed by atoms with E-state index in [0.717, 1.165) is 27.8 Å². The predicted molar refractivity (Wildman–Crippen MR) is 103 cm³/mol. The lowest BCUT2D eigenvalue weighted by molar-refractivity contribution is 0.220. The van der Waals surface area contributed by atoms with Crippen molar-refractivity contribution in [3.63, 3.8) is 0 Å². The van der Waals surface area contributed by atoms with E-state index >= 15 is 0 Å². The Balaban J connectivity index is 1.75. The average molecular weight is 391 g/mol. The summed E-state index contributed by atoms with van der Waals surface area (Å²) in [7, 11) is 1.72. The summed E-state index contributed by atoms with van der Waals surface area (Å²) in [6.07, 6.45) is 2.38. The Morgan fingerprint density at radius 3 is 2.65 bits per heavy atom. The molecule has 2 aromatic heterocycles. The zero-order chi connectivity index (χ0) is 18.7. The van der Waals surface area contributed by atoms with Crippen LogP contribution in [0.5, 0.6) is 0 Å². The van der Waals surface area contributed by atoms with E-state index in [9.17, 15) is 4.79 Å². The standard InChI is InChI=1S/C17H19ClN6OS/c1-4-15-14(9-19-24(15)13-7-5-12(18)6-8-13)20-17(25)23(3)10-16-22-21-11(2)26-16/h5-9H,4,10H2,1-3H3,(H,20,25). The van der Waals surface area contributed by atoms with Gasteiger partial charge in [-0.1, -0.05) is 29.9 Å². The van der Waals surface area contributed by atoms with Crippen LogP contribution < -0.4 is 5.32 Å². The highest BCUT2D eigenvalue weighted by Gasteiger charge is 2.16. The van der Waals surface area contributed by atoms with Gasteiger partial charge in [0.1, 0.15) is 10.0 Å². The van der Waals surface area contributed by atoms with E-state index in [2.05, 4.69) is 20.6 Å². The highest BCUT2D eigenvalue weighted by atomic mass is 35.5. The first-order chi connectivity index (χ1) is 12.5. The van der Waals surface area contributed by atoms with Crippen LogP contribution in [0.1, 0.15) is 22.6 Å². The summed E-state index contributed by atoms with van der Waals surface area (Å²) in [5, 5.41) is 17.7. The first kappa shape index (κ1) is 18.3. The number of hydrogen-bond acceptors (Lipinski definition) is 5. The van der Waals surface area contributed by atoms with Crippen molar-refractivity contribution in [1.82, 2.24) is 24.9 Å². The summed E-state index contributed by atoms with van der Waals surface area (Å²) in [5.41, 5.74) is 2.50. The molecule has 7 nitrogen and oxygen atoms in total. The van der Waals surface area contributed by atoms with Crippen LogP contribution >= 0.6 is 22.9 Å². The van der Waals surface area contributed by atoms with Crippen molar-refractivity contribution in [2.24, 2.45) is 0 Å². The van der Waals surface area contributed by atoms with Crippen molar-refractivity contribution in [1.29, 1.82) is 0 Å². The molecule has 0 spiro atoms. The lowest BCUT2D eigenvalue weighted by Gasteiger charge is -2.16. The van der Waals surface area contributed by atoms with Gasteiger partial charge in [0.25, 0.3) is 0 Å². The number of halogens is 1. The number of urea groups is 1. The number of amides is 2. The van der Waals surface area contributed by atoms with E-state index < -0.39 is 0 Å². The molecule has 2 heterocycles. The Morgan fingerprint density at radius 1 is 1.31 bits per heavy atom. The van der Waals surface area contributed by atoms with E-state index in [1.165, 1.54) is 11.3 Å². The highest BCUT2D eigenvalue weighted by Crippen LogP contribution is 2.22. The zero-order valence-corrected chi connectivity index (χ0v) is 16.3. The minimum absolute atomic E-state index is 0.219. The van der Waals surface area contributed by atoms with Gasteiger partial charge in [-0.2, -0.15) is 5.10 Å². The van der Waals surface area contributed by atoms with Gasteiger partial charge in [-0.3, -0.25) is 0 Å². The lowest BCUT2D eigenvalue weighted by Crippen LogP contribution is -2.31. The van der Waals surface area contributed by atoms with Crippen LogP contribution in [-0.2, 0) is 13.0 Å². The van der Waals surface area contributed by atoms with Crippen LogP contribution in [0.3, 0.4) is 0 Å². The van der Waals surface area contributed by atoms with E-state index in [0.29, 0.717) is 17.3 Å². The third-order valence-electron chi connectivity index (χ3n) is 3.80. The Bertz CT molecular complexity index is 904. The number of anilines is 1. The maximum Gasteiger partial charge on any atom is 0.322 e. The Kier molecular flexibility index (Phi) is 5.53. The van der Waals surface area contributed by atoms with Crippen molar-refractivity contribution in [2.45, 2.75) is 26.8 Å². The van der Waals surface area contributed by atoms with Crippen molar-refractivity contribution >= 4 is 34.7 Å². The number of carbonyl (C=O) groups is 1. The van der Waals surface area contributed by atoms with Gasteiger partial charge in [-0.15, -0.1) is 10.2 Å². The summed E-state index contributed by atoms with van der Waals surface area (Å²) < 4.78 is 1.81. The molecular formula is C17H19ClN6OS. The SMILES string of the molecule is CCc1c(NC(=O)N(C)Cc2nnc(C)s2)cnn1-c1ccc(Cl)cc1. The van der Waals surface area contributed by atoms with Gasteiger partial charge in [0.2, 0.25) is 0 Å². The number of nitrogens with zero attached hydrogens (tertiary/aromatic N) is 5. The number of aryl methyl sites for hydroxylation is 1. The Labute approximate surface area is 160 Å². The lowest BCUT2D eigenvalue weighted by atomic mass is 10.2. The molecule has 1 N–H and O–H groups in total. The second kappa shape index (κ2) is 7.84. The number of rotatable bonds is 5. The molecule has 1 aromatic carbocycles. The van der Waals surface area contributed by atoms with Crippen LogP contribution in [0.15, 0.2) is 30.5 Å². The Hall–Kier alpha value is -2.45. The topological polar surface area (TPSA) is 75.9 Å². The fourth-order valence-corrected chi connectivity index (χ4v) is 3.40. The molecule has 0 bridgehead atoms. The van der Waals surface area contributed by atoms with Gasteiger partial charge in [0.15, 0.2) is 0 Å².